The zero-order valence-electron chi connectivity index (χ0n) is 13.6. The number of piperidine rings is 3. The molecule has 2 atom stereocenters. The summed E-state index contributed by atoms with van der Waals surface area (Å²) in [6.07, 6.45) is 5.93. The zero-order chi connectivity index (χ0) is 15.8. The number of carboxylic acids is 1. The van der Waals surface area contributed by atoms with E-state index in [1.54, 1.807) is 6.07 Å². The maximum atomic E-state index is 11.6. The number of benzene rings is 1. The van der Waals surface area contributed by atoms with Gasteiger partial charge in [0.1, 0.15) is 0 Å². The van der Waals surface area contributed by atoms with Crippen molar-refractivity contribution in [2.75, 3.05) is 26.2 Å². The van der Waals surface area contributed by atoms with Crippen LogP contribution in [-0.2, 0) is 6.42 Å². The third kappa shape index (κ3) is 2.90. The van der Waals surface area contributed by atoms with E-state index in [4.69, 9.17) is 0 Å². The second-order valence-electron chi connectivity index (χ2n) is 7.43. The third-order valence-corrected chi connectivity index (χ3v) is 6.12. The summed E-state index contributed by atoms with van der Waals surface area (Å²) in [6.45, 7) is 4.62. The molecule has 3 fully saturated rings. The predicted octanol–water partition coefficient (Wildman–Crippen LogP) is 2.49. The van der Waals surface area contributed by atoms with Gasteiger partial charge in [-0.3, -0.25) is 0 Å². The maximum Gasteiger partial charge on any atom is 0.335 e. The van der Waals surface area contributed by atoms with Crippen molar-refractivity contribution in [3.05, 3.63) is 34.9 Å². The van der Waals surface area contributed by atoms with Gasteiger partial charge in [-0.15, -0.1) is 0 Å². The minimum absolute atomic E-state index is 0.349. The van der Waals surface area contributed by atoms with Gasteiger partial charge in [0.2, 0.25) is 0 Å². The third-order valence-electron chi connectivity index (χ3n) is 6.12. The minimum Gasteiger partial charge on any atom is -0.478 e. The molecule has 0 spiro atoms. The zero-order valence-corrected chi connectivity index (χ0v) is 13.6. The summed E-state index contributed by atoms with van der Waals surface area (Å²) >= 11 is 0. The van der Waals surface area contributed by atoms with E-state index in [2.05, 4.69) is 16.3 Å². The van der Waals surface area contributed by atoms with Crippen molar-refractivity contribution in [3.63, 3.8) is 0 Å². The quantitative estimate of drug-likeness (QED) is 0.896. The Bertz CT molecular complexity index is 593. The minimum atomic E-state index is -0.781. The van der Waals surface area contributed by atoms with Gasteiger partial charge in [-0.25, -0.2) is 4.79 Å². The van der Waals surface area contributed by atoms with Gasteiger partial charge in [0.15, 0.2) is 0 Å². The highest BCUT2D eigenvalue weighted by molar-refractivity contribution is 5.90. The average molecular weight is 314 g/mol. The molecule has 4 nitrogen and oxygen atoms in total. The lowest BCUT2D eigenvalue weighted by atomic mass is 9.79. The Morgan fingerprint density at radius 2 is 2.09 bits per heavy atom. The number of aryl methyl sites for hydroxylation is 1. The van der Waals surface area contributed by atoms with Crippen LogP contribution in [0.3, 0.4) is 0 Å². The first-order valence-corrected chi connectivity index (χ1v) is 9.03. The molecule has 124 valence electrons. The monoisotopic (exact) mass is 314 g/mol. The fourth-order valence-corrected chi connectivity index (χ4v) is 4.88. The van der Waals surface area contributed by atoms with Gasteiger partial charge < -0.3 is 15.3 Å². The van der Waals surface area contributed by atoms with E-state index >= 15 is 0 Å². The molecule has 23 heavy (non-hydrogen) atoms. The van der Waals surface area contributed by atoms with Crippen LogP contribution in [0.15, 0.2) is 18.2 Å². The Labute approximate surface area is 137 Å². The van der Waals surface area contributed by atoms with Crippen LogP contribution in [-0.4, -0.2) is 48.2 Å². The number of aromatic carboxylic acids is 1. The fourth-order valence-electron chi connectivity index (χ4n) is 4.88. The van der Waals surface area contributed by atoms with Crippen LogP contribution >= 0.6 is 0 Å². The summed E-state index contributed by atoms with van der Waals surface area (Å²) in [5, 5.41) is 13.3. The lowest BCUT2D eigenvalue weighted by Crippen LogP contribution is -2.56. The highest BCUT2D eigenvalue weighted by atomic mass is 16.4. The molecule has 3 aliphatic heterocycles. The predicted molar refractivity (Wildman–Crippen MR) is 90.0 cm³/mol. The number of nitrogens with one attached hydrogen (secondary N) is 1. The number of fused-ring (bicyclic) bond motifs is 4. The van der Waals surface area contributed by atoms with Crippen molar-refractivity contribution in [1.82, 2.24) is 10.2 Å². The van der Waals surface area contributed by atoms with Crippen LogP contribution in [0.2, 0.25) is 0 Å². The van der Waals surface area contributed by atoms with E-state index < -0.39 is 5.97 Å². The number of carboxylic acid groups (broad SMARTS) is 1. The number of hydrogen-bond donors (Lipinski definition) is 2. The standard InChI is InChI=1S/C19H26N2O2/c22-19(23)16-6-2-4-14-3-1-5-15(18(14)16)11-20-17-12-21-9-7-13(17)8-10-21/h2,4,6,13,15,17,20H,1,3,5,7-12H2,(H,22,23)/t15-,17-/m1/s1. The first kappa shape index (κ1) is 15.2. The van der Waals surface area contributed by atoms with E-state index in [1.807, 2.05) is 6.07 Å². The molecule has 0 amide bonds. The van der Waals surface area contributed by atoms with Crippen molar-refractivity contribution < 1.29 is 9.90 Å². The van der Waals surface area contributed by atoms with Crippen molar-refractivity contribution in [3.8, 4) is 0 Å². The van der Waals surface area contributed by atoms with Gasteiger partial charge in [-0.05, 0) is 74.2 Å². The van der Waals surface area contributed by atoms with E-state index in [-0.39, 0.29) is 0 Å². The molecule has 1 aromatic rings. The highest BCUT2D eigenvalue weighted by Crippen LogP contribution is 2.35. The summed E-state index contributed by atoms with van der Waals surface area (Å²) in [5.74, 6) is 0.385. The lowest BCUT2D eigenvalue weighted by molar-refractivity contribution is 0.0690. The lowest BCUT2D eigenvalue weighted by Gasteiger charge is -2.45. The largest absolute Gasteiger partial charge is 0.478 e. The Kier molecular flexibility index (Phi) is 4.12. The van der Waals surface area contributed by atoms with Crippen molar-refractivity contribution >= 4 is 5.97 Å². The molecule has 3 saturated heterocycles. The van der Waals surface area contributed by atoms with Gasteiger partial charge in [-0.2, -0.15) is 0 Å². The van der Waals surface area contributed by atoms with Crippen molar-refractivity contribution in [2.45, 2.75) is 44.1 Å². The molecule has 4 heteroatoms. The molecule has 0 radical (unpaired) electrons. The Morgan fingerprint density at radius 3 is 2.78 bits per heavy atom. The molecular weight excluding hydrogens is 288 g/mol. The molecule has 5 rings (SSSR count). The van der Waals surface area contributed by atoms with Crippen LogP contribution in [0, 0.1) is 5.92 Å². The second-order valence-corrected chi connectivity index (χ2v) is 7.43. The van der Waals surface area contributed by atoms with Crippen LogP contribution in [0.1, 0.15) is 53.1 Å². The molecule has 3 heterocycles. The smallest absolute Gasteiger partial charge is 0.335 e. The Hall–Kier alpha value is -1.39. The van der Waals surface area contributed by atoms with Crippen LogP contribution in [0.25, 0.3) is 0 Å². The SMILES string of the molecule is O=C(O)c1cccc2c1[C@@H](CN[C@@H]1CN3CCC1CC3)CCC2. The number of carbonyl (C=O) groups is 1. The fraction of sp³-hybridized carbons (Fsp3) is 0.632. The number of rotatable bonds is 4. The molecule has 4 aliphatic rings. The average Bonchev–Trinajstić information content (AvgIpc) is 2.60. The van der Waals surface area contributed by atoms with Crippen molar-refractivity contribution in [2.24, 2.45) is 5.92 Å². The molecule has 0 aromatic heterocycles. The van der Waals surface area contributed by atoms with Crippen LogP contribution < -0.4 is 5.32 Å². The number of hydrogen-bond acceptors (Lipinski definition) is 3. The Balaban J connectivity index is 1.50. The summed E-state index contributed by atoms with van der Waals surface area (Å²) < 4.78 is 0. The van der Waals surface area contributed by atoms with E-state index in [0.29, 0.717) is 17.5 Å². The molecule has 2 bridgehead atoms. The Morgan fingerprint density at radius 1 is 1.26 bits per heavy atom. The molecule has 1 aromatic carbocycles. The first-order valence-electron chi connectivity index (χ1n) is 9.03. The van der Waals surface area contributed by atoms with Gasteiger partial charge in [-0.1, -0.05) is 12.1 Å². The molecule has 0 unspecified atom stereocenters. The molecular formula is C19H26N2O2. The van der Waals surface area contributed by atoms with Gasteiger partial charge >= 0.3 is 5.97 Å². The van der Waals surface area contributed by atoms with Gasteiger partial charge in [0, 0.05) is 19.1 Å². The summed E-state index contributed by atoms with van der Waals surface area (Å²) in [4.78, 5) is 14.2. The van der Waals surface area contributed by atoms with Gasteiger partial charge in [0.25, 0.3) is 0 Å². The van der Waals surface area contributed by atoms with E-state index in [1.165, 1.54) is 44.5 Å². The molecule has 1 aliphatic carbocycles. The van der Waals surface area contributed by atoms with Crippen molar-refractivity contribution in [1.29, 1.82) is 0 Å². The topological polar surface area (TPSA) is 52.6 Å². The van der Waals surface area contributed by atoms with Gasteiger partial charge in [0.05, 0.1) is 5.56 Å². The number of nitrogens with zero attached hydrogens (tertiary/aromatic N) is 1. The normalized spacial score (nSPS) is 32.5. The molecule has 0 saturated carbocycles. The summed E-state index contributed by atoms with van der Waals surface area (Å²) in [5.41, 5.74) is 2.86. The van der Waals surface area contributed by atoms with Crippen LogP contribution in [0.4, 0.5) is 0 Å². The first-order chi connectivity index (χ1) is 11.2. The summed E-state index contributed by atoms with van der Waals surface area (Å²) in [7, 11) is 0. The second kappa shape index (κ2) is 6.25. The highest BCUT2D eigenvalue weighted by Gasteiger charge is 2.34. The van der Waals surface area contributed by atoms with Crippen LogP contribution in [0.5, 0.6) is 0 Å². The van der Waals surface area contributed by atoms with E-state index in [9.17, 15) is 9.90 Å². The van der Waals surface area contributed by atoms with E-state index in [0.717, 1.165) is 30.9 Å². The summed E-state index contributed by atoms with van der Waals surface area (Å²) in [6, 6.07) is 6.38. The maximum absolute atomic E-state index is 11.6. The molecule has 2 N–H and O–H groups in total.